The minimum Gasteiger partial charge on any atom is -0.448 e. The van der Waals surface area contributed by atoms with E-state index < -0.39 is 4.92 Å². The second-order valence-corrected chi connectivity index (χ2v) is 4.72. The van der Waals surface area contributed by atoms with Crippen molar-refractivity contribution >= 4 is 17.3 Å². The zero-order valence-corrected chi connectivity index (χ0v) is 12.1. The number of rotatable bonds is 6. The van der Waals surface area contributed by atoms with Gasteiger partial charge in [-0.15, -0.1) is 0 Å². The summed E-state index contributed by atoms with van der Waals surface area (Å²) in [5.41, 5.74) is 0.788. The lowest BCUT2D eigenvalue weighted by Gasteiger charge is -2.08. The van der Waals surface area contributed by atoms with E-state index in [0.29, 0.717) is 17.3 Å². The van der Waals surface area contributed by atoms with Gasteiger partial charge in [0.2, 0.25) is 5.75 Å². The maximum absolute atomic E-state index is 11.0. The molecule has 1 N–H and O–H groups in total. The Bertz CT molecular complexity index is 649. The molecule has 6 nitrogen and oxygen atoms in total. The molecule has 21 heavy (non-hydrogen) atoms. The summed E-state index contributed by atoms with van der Waals surface area (Å²) < 4.78 is 5.56. The highest BCUT2D eigenvalue weighted by Gasteiger charge is 2.16. The molecular weight excluding hydrogens is 294 g/mol. The summed E-state index contributed by atoms with van der Waals surface area (Å²) >= 11 is 5.86. The number of halogens is 1. The van der Waals surface area contributed by atoms with E-state index in [2.05, 4.69) is 10.3 Å². The second kappa shape index (κ2) is 7.01. The van der Waals surface area contributed by atoms with Gasteiger partial charge in [-0.2, -0.15) is 0 Å². The summed E-state index contributed by atoms with van der Waals surface area (Å²) in [4.78, 5) is 14.5. The Hall–Kier alpha value is -2.18. The van der Waals surface area contributed by atoms with Crippen LogP contribution in [0.5, 0.6) is 11.5 Å². The molecule has 0 saturated heterocycles. The van der Waals surface area contributed by atoms with Crippen LogP contribution in [0.15, 0.2) is 36.7 Å². The molecule has 0 radical (unpaired) electrons. The quantitative estimate of drug-likeness (QED) is 0.652. The maximum Gasteiger partial charge on any atom is 0.311 e. The van der Waals surface area contributed by atoms with E-state index in [1.165, 1.54) is 24.4 Å². The molecule has 2 rings (SSSR count). The predicted octanol–water partition coefficient (Wildman–Crippen LogP) is 3.55. The molecule has 0 spiro atoms. The smallest absolute Gasteiger partial charge is 0.311 e. The van der Waals surface area contributed by atoms with Crippen LogP contribution in [0.4, 0.5) is 5.69 Å². The Morgan fingerprint density at radius 3 is 2.90 bits per heavy atom. The average Bonchev–Trinajstić information content (AvgIpc) is 2.45. The highest BCUT2D eigenvalue weighted by Crippen LogP contribution is 2.33. The average molecular weight is 308 g/mol. The lowest BCUT2D eigenvalue weighted by atomic mass is 10.2. The minimum absolute atomic E-state index is 0.0925. The zero-order chi connectivity index (χ0) is 15.2. The maximum atomic E-state index is 11.0. The van der Waals surface area contributed by atoms with Crippen LogP contribution >= 0.6 is 11.6 Å². The summed E-state index contributed by atoms with van der Waals surface area (Å²) in [5, 5.41) is 14.5. The van der Waals surface area contributed by atoms with Crippen molar-refractivity contribution in [3.63, 3.8) is 0 Å². The van der Waals surface area contributed by atoms with E-state index in [4.69, 9.17) is 16.3 Å². The van der Waals surface area contributed by atoms with Gasteiger partial charge in [-0.25, -0.2) is 0 Å². The first-order chi connectivity index (χ1) is 10.1. The summed E-state index contributed by atoms with van der Waals surface area (Å²) in [6, 6.07) is 5.96. The lowest BCUT2D eigenvalue weighted by Crippen LogP contribution is -2.11. The van der Waals surface area contributed by atoms with E-state index in [0.717, 1.165) is 12.1 Å². The number of aromatic nitrogens is 1. The van der Waals surface area contributed by atoms with Crippen LogP contribution in [0, 0.1) is 10.1 Å². The molecule has 2 aromatic rings. The molecule has 0 atom stereocenters. The van der Waals surface area contributed by atoms with E-state index in [1.807, 2.05) is 6.92 Å². The van der Waals surface area contributed by atoms with Crippen LogP contribution in [0.1, 0.15) is 12.5 Å². The van der Waals surface area contributed by atoms with Crippen molar-refractivity contribution in [2.45, 2.75) is 13.5 Å². The number of nitro groups is 1. The molecule has 0 fully saturated rings. The van der Waals surface area contributed by atoms with Crippen molar-refractivity contribution in [1.82, 2.24) is 10.3 Å². The van der Waals surface area contributed by atoms with E-state index >= 15 is 0 Å². The third-order valence-corrected chi connectivity index (χ3v) is 2.93. The van der Waals surface area contributed by atoms with Crippen LogP contribution < -0.4 is 10.1 Å². The van der Waals surface area contributed by atoms with Crippen molar-refractivity contribution in [2.24, 2.45) is 0 Å². The highest BCUT2D eigenvalue weighted by molar-refractivity contribution is 6.30. The number of benzene rings is 1. The fourth-order valence-electron chi connectivity index (χ4n) is 1.73. The van der Waals surface area contributed by atoms with Gasteiger partial charge in [-0.05, 0) is 24.2 Å². The normalized spacial score (nSPS) is 10.4. The van der Waals surface area contributed by atoms with Gasteiger partial charge in [0.15, 0.2) is 0 Å². The van der Waals surface area contributed by atoms with E-state index in [9.17, 15) is 10.1 Å². The molecule has 0 aliphatic carbocycles. The van der Waals surface area contributed by atoms with Crippen molar-refractivity contribution in [2.75, 3.05) is 6.54 Å². The molecule has 1 aromatic carbocycles. The van der Waals surface area contributed by atoms with Gasteiger partial charge in [0.05, 0.1) is 11.1 Å². The first-order valence-electron chi connectivity index (χ1n) is 6.36. The predicted molar refractivity (Wildman–Crippen MR) is 79.8 cm³/mol. The van der Waals surface area contributed by atoms with Crippen LogP contribution in [-0.2, 0) is 6.54 Å². The SMILES string of the molecule is CCNCc1cncc(Oc2cc(Cl)ccc2[N+](=O)[O-])c1. The van der Waals surface area contributed by atoms with Crippen molar-refractivity contribution in [1.29, 1.82) is 0 Å². The Morgan fingerprint density at radius 2 is 2.19 bits per heavy atom. The standard InChI is InChI=1S/C14H14ClN3O3/c1-2-16-7-10-5-12(9-17-8-10)21-14-6-11(15)3-4-13(14)18(19)20/h3-6,8-9,16H,2,7H2,1H3. The molecule has 7 heteroatoms. The number of nitrogens with one attached hydrogen (secondary N) is 1. The largest absolute Gasteiger partial charge is 0.448 e. The minimum atomic E-state index is -0.512. The second-order valence-electron chi connectivity index (χ2n) is 4.28. The fourth-order valence-corrected chi connectivity index (χ4v) is 1.90. The number of ether oxygens (including phenoxy) is 1. The third-order valence-electron chi connectivity index (χ3n) is 2.70. The van der Waals surface area contributed by atoms with Crippen molar-refractivity contribution in [3.05, 3.63) is 57.4 Å². The van der Waals surface area contributed by atoms with E-state index in [1.54, 1.807) is 12.3 Å². The number of nitro benzene ring substituents is 1. The van der Waals surface area contributed by atoms with Gasteiger partial charge < -0.3 is 10.1 Å². The van der Waals surface area contributed by atoms with Gasteiger partial charge in [-0.3, -0.25) is 15.1 Å². The first-order valence-corrected chi connectivity index (χ1v) is 6.74. The summed E-state index contributed by atoms with van der Waals surface area (Å²) in [5.74, 6) is 0.519. The van der Waals surface area contributed by atoms with E-state index in [-0.39, 0.29) is 11.4 Å². The van der Waals surface area contributed by atoms with Crippen LogP contribution in [-0.4, -0.2) is 16.5 Å². The Kier molecular flexibility index (Phi) is 5.08. The molecule has 0 saturated carbocycles. The fraction of sp³-hybridized carbons (Fsp3) is 0.214. The summed E-state index contributed by atoms with van der Waals surface area (Å²) in [7, 11) is 0. The first kappa shape index (κ1) is 15.2. The summed E-state index contributed by atoms with van der Waals surface area (Å²) in [6.45, 7) is 3.49. The third kappa shape index (κ3) is 4.14. The highest BCUT2D eigenvalue weighted by atomic mass is 35.5. The number of hydrogen-bond acceptors (Lipinski definition) is 5. The molecule has 0 unspecified atom stereocenters. The zero-order valence-electron chi connectivity index (χ0n) is 11.4. The number of nitrogens with zero attached hydrogens (tertiary/aromatic N) is 2. The molecule has 0 aliphatic rings. The van der Waals surface area contributed by atoms with Crippen LogP contribution in [0.25, 0.3) is 0 Å². The topological polar surface area (TPSA) is 77.3 Å². The Morgan fingerprint density at radius 1 is 1.38 bits per heavy atom. The Labute approximate surface area is 126 Å². The number of pyridine rings is 1. The van der Waals surface area contributed by atoms with Gasteiger partial charge in [0, 0.05) is 29.9 Å². The molecule has 1 aromatic heterocycles. The van der Waals surface area contributed by atoms with Crippen molar-refractivity contribution < 1.29 is 9.66 Å². The Balaban J connectivity index is 2.25. The molecule has 0 amide bonds. The van der Waals surface area contributed by atoms with Crippen molar-refractivity contribution in [3.8, 4) is 11.5 Å². The van der Waals surface area contributed by atoms with Gasteiger partial charge >= 0.3 is 5.69 Å². The molecule has 0 aliphatic heterocycles. The van der Waals surface area contributed by atoms with Gasteiger partial charge in [-0.1, -0.05) is 18.5 Å². The molecule has 0 bridgehead atoms. The summed E-state index contributed by atoms with van der Waals surface area (Å²) in [6.07, 6.45) is 3.21. The van der Waals surface area contributed by atoms with Crippen LogP contribution in [0.2, 0.25) is 5.02 Å². The van der Waals surface area contributed by atoms with Gasteiger partial charge in [0.25, 0.3) is 0 Å². The monoisotopic (exact) mass is 307 g/mol. The molecule has 1 heterocycles. The molecular formula is C14H14ClN3O3. The van der Waals surface area contributed by atoms with Gasteiger partial charge in [0.1, 0.15) is 5.75 Å². The lowest BCUT2D eigenvalue weighted by molar-refractivity contribution is -0.385. The number of hydrogen-bond donors (Lipinski definition) is 1. The van der Waals surface area contributed by atoms with Crippen LogP contribution in [0.3, 0.4) is 0 Å². The molecule has 110 valence electrons.